The largest absolute Gasteiger partial charge is 0.381 e. The van der Waals surface area contributed by atoms with Gasteiger partial charge in [0.1, 0.15) is 6.34 Å². The summed E-state index contributed by atoms with van der Waals surface area (Å²) >= 11 is 0. The van der Waals surface area contributed by atoms with Crippen molar-refractivity contribution in [3.63, 3.8) is 0 Å². The monoisotopic (exact) mass is 166 g/mol. The van der Waals surface area contributed by atoms with Crippen LogP contribution in [0.25, 0.3) is 0 Å². The number of ether oxygens (including phenoxy) is 1. The number of carbonyl (C=O) groups is 1. The molecule has 2 aliphatic heterocycles. The molecule has 0 aromatic carbocycles. The number of aliphatic imine (C=N–C) groups is 2. The van der Waals surface area contributed by atoms with Gasteiger partial charge in [-0.05, 0) is 6.42 Å². The average Bonchev–Trinajstić information content (AvgIpc) is 2.30. The molecule has 1 fully saturated rings. The number of hydrogen-bond acceptors (Lipinski definition) is 3. The molecule has 2 rings (SSSR count). The van der Waals surface area contributed by atoms with E-state index in [2.05, 4.69) is 9.98 Å². The third-order valence-electron chi connectivity index (χ3n) is 2.16. The molecule has 0 aromatic heterocycles. The van der Waals surface area contributed by atoms with Crippen LogP contribution in [0, 0.1) is 5.92 Å². The predicted octanol–water partition coefficient (Wildman–Crippen LogP) is 0.422. The summed E-state index contributed by atoms with van der Waals surface area (Å²) in [6.07, 6.45) is 2.84. The molecule has 0 unspecified atom stereocenters. The van der Waals surface area contributed by atoms with E-state index >= 15 is 0 Å². The fourth-order valence-electron chi connectivity index (χ4n) is 1.49. The second-order valence-corrected chi connectivity index (χ2v) is 2.91. The van der Waals surface area contributed by atoms with Crippen LogP contribution in [-0.2, 0) is 9.53 Å². The Hall–Kier alpha value is -1.03. The van der Waals surface area contributed by atoms with Crippen molar-refractivity contribution in [2.24, 2.45) is 15.9 Å². The van der Waals surface area contributed by atoms with Crippen molar-refractivity contribution in [3.8, 4) is 0 Å². The second-order valence-electron chi connectivity index (χ2n) is 2.91. The van der Waals surface area contributed by atoms with E-state index in [4.69, 9.17) is 4.74 Å². The Morgan fingerprint density at radius 1 is 1.50 bits per heavy atom. The van der Waals surface area contributed by atoms with Crippen molar-refractivity contribution < 1.29 is 9.53 Å². The van der Waals surface area contributed by atoms with Gasteiger partial charge in [0.2, 0.25) is 0 Å². The van der Waals surface area contributed by atoms with Crippen LogP contribution in [-0.4, -0.2) is 31.2 Å². The minimum absolute atomic E-state index is 0.0644. The molecule has 64 valence electrons. The third kappa shape index (κ3) is 1.30. The Balaban J connectivity index is 2.22. The van der Waals surface area contributed by atoms with Crippen LogP contribution in [0.1, 0.15) is 12.8 Å². The van der Waals surface area contributed by atoms with E-state index in [0.717, 1.165) is 18.6 Å². The van der Waals surface area contributed by atoms with Crippen molar-refractivity contribution in [2.75, 3.05) is 13.2 Å². The Morgan fingerprint density at radius 3 is 3.33 bits per heavy atom. The maximum Gasteiger partial charge on any atom is 0.256 e. The Bertz CT molecular complexity index is 258. The Morgan fingerprint density at radius 2 is 2.42 bits per heavy atom. The normalized spacial score (nSPS) is 29.2. The number of nitrogens with zero attached hydrogens (tertiary/aromatic N) is 2. The first-order chi connectivity index (χ1) is 5.88. The highest BCUT2D eigenvalue weighted by Crippen LogP contribution is 2.17. The lowest BCUT2D eigenvalue weighted by Gasteiger charge is -2.13. The van der Waals surface area contributed by atoms with Crippen molar-refractivity contribution in [1.29, 1.82) is 0 Å². The number of amides is 1. The first-order valence-electron chi connectivity index (χ1n) is 4.08. The molecule has 4 nitrogen and oxygen atoms in total. The molecule has 0 aromatic rings. The van der Waals surface area contributed by atoms with Crippen LogP contribution in [0.15, 0.2) is 9.98 Å². The second kappa shape index (κ2) is 3.15. The average molecular weight is 166 g/mol. The molecule has 0 spiro atoms. The quantitative estimate of drug-likeness (QED) is 0.523. The maximum absolute atomic E-state index is 11.2. The van der Waals surface area contributed by atoms with Crippen molar-refractivity contribution in [2.45, 2.75) is 12.8 Å². The maximum atomic E-state index is 11.2. The van der Waals surface area contributed by atoms with Crippen molar-refractivity contribution in [3.05, 3.63) is 0 Å². The lowest BCUT2D eigenvalue weighted by atomic mass is 9.97. The number of rotatable bonds is 0. The van der Waals surface area contributed by atoms with Crippen LogP contribution in [0.3, 0.4) is 0 Å². The third-order valence-corrected chi connectivity index (χ3v) is 2.16. The highest BCUT2D eigenvalue weighted by Gasteiger charge is 2.27. The van der Waals surface area contributed by atoms with E-state index < -0.39 is 0 Å². The fourth-order valence-corrected chi connectivity index (χ4v) is 1.49. The van der Waals surface area contributed by atoms with E-state index in [-0.39, 0.29) is 11.8 Å². The van der Waals surface area contributed by atoms with Crippen molar-refractivity contribution in [1.82, 2.24) is 0 Å². The highest BCUT2D eigenvalue weighted by molar-refractivity contribution is 6.11. The summed E-state index contributed by atoms with van der Waals surface area (Å²) in [5.74, 6) is -0.164. The minimum atomic E-state index is -0.0995. The minimum Gasteiger partial charge on any atom is -0.381 e. The molecule has 12 heavy (non-hydrogen) atoms. The molecule has 0 radical (unpaired) electrons. The summed E-state index contributed by atoms with van der Waals surface area (Å²) in [6.45, 7) is 1.32. The van der Waals surface area contributed by atoms with Gasteiger partial charge in [-0.1, -0.05) is 0 Å². The van der Waals surface area contributed by atoms with Gasteiger partial charge in [-0.25, -0.2) is 9.98 Å². The molecular formula is C8H10N2O2. The number of fused-ring (bicyclic) bond motifs is 1. The van der Waals surface area contributed by atoms with Gasteiger partial charge in [-0.15, -0.1) is 0 Å². The number of carbonyl (C=O) groups excluding carboxylic acids is 1. The van der Waals surface area contributed by atoms with Crippen LogP contribution >= 0.6 is 0 Å². The molecular weight excluding hydrogens is 156 g/mol. The van der Waals surface area contributed by atoms with Crippen LogP contribution < -0.4 is 0 Å². The molecule has 0 N–H and O–H groups in total. The summed E-state index contributed by atoms with van der Waals surface area (Å²) in [7, 11) is 0. The summed E-state index contributed by atoms with van der Waals surface area (Å²) in [5.41, 5.74) is 0.938. The summed E-state index contributed by atoms with van der Waals surface area (Å²) in [6, 6.07) is 0. The number of hydrogen-bond donors (Lipinski definition) is 0. The first-order valence-corrected chi connectivity index (χ1v) is 4.08. The van der Waals surface area contributed by atoms with Gasteiger partial charge in [0.15, 0.2) is 0 Å². The van der Waals surface area contributed by atoms with Gasteiger partial charge >= 0.3 is 0 Å². The zero-order valence-electron chi connectivity index (χ0n) is 6.69. The van der Waals surface area contributed by atoms with Crippen molar-refractivity contribution >= 4 is 18.0 Å². The van der Waals surface area contributed by atoms with E-state index in [0.29, 0.717) is 13.2 Å². The summed E-state index contributed by atoms with van der Waals surface area (Å²) in [4.78, 5) is 19.0. The molecule has 4 heteroatoms. The van der Waals surface area contributed by atoms with Crippen LogP contribution in [0.2, 0.25) is 0 Å². The topological polar surface area (TPSA) is 51.0 Å². The van der Waals surface area contributed by atoms with E-state index in [1.807, 2.05) is 0 Å². The lowest BCUT2D eigenvalue weighted by molar-refractivity contribution is -0.120. The molecule has 2 heterocycles. The molecule has 2 aliphatic rings. The van der Waals surface area contributed by atoms with Gasteiger partial charge in [0, 0.05) is 18.7 Å². The fraction of sp³-hybridized carbons (Fsp3) is 0.625. The SMILES string of the molecule is O=C1N=CN=C2CCOCC[C@H]12. The zero-order chi connectivity index (χ0) is 8.39. The first kappa shape index (κ1) is 7.61. The molecule has 0 aliphatic carbocycles. The Kier molecular flexibility index (Phi) is 1.99. The summed E-state index contributed by atoms with van der Waals surface area (Å²) in [5, 5.41) is 0. The smallest absolute Gasteiger partial charge is 0.256 e. The molecule has 1 saturated heterocycles. The van der Waals surface area contributed by atoms with Gasteiger partial charge in [0.05, 0.1) is 12.5 Å². The predicted molar refractivity (Wildman–Crippen MR) is 44.5 cm³/mol. The van der Waals surface area contributed by atoms with Gasteiger partial charge in [-0.3, -0.25) is 4.79 Å². The van der Waals surface area contributed by atoms with Crippen LogP contribution in [0.4, 0.5) is 0 Å². The van der Waals surface area contributed by atoms with E-state index in [1.165, 1.54) is 6.34 Å². The molecule has 0 bridgehead atoms. The van der Waals surface area contributed by atoms with E-state index in [9.17, 15) is 4.79 Å². The molecule has 1 amide bonds. The summed E-state index contributed by atoms with van der Waals surface area (Å²) < 4.78 is 5.25. The Labute approximate surface area is 70.3 Å². The highest BCUT2D eigenvalue weighted by atomic mass is 16.5. The molecule has 0 saturated carbocycles. The van der Waals surface area contributed by atoms with Gasteiger partial charge < -0.3 is 4.74 Å². The lowest BCUT2D eigenvalue weighted by Crippen LogP contribution is -2.25. The van der Waals surface area contributed by atoms with Gasteiger partial charge in [-0.2, -0.15) is 0 Å². The standard InChI is InChI=1S/C8H10N2O2/c11-8-6-1-3-12-4-2-7(6)9-5-10-8/h5-6H,1-4H2/t6-/m0/s1. The van der Waals surface area contributed by atoms with Gasteiger partial charge in [0.25, 0.3) is 5.91 Å². The molecule has 1 atom stereocenters. The zero-order valence-corrected chi connectivity index (χ0v) is 6.69. The van der Waals surface area contributed by atoms with E-state index in [1.54, 1.807) is 0 Å². The van der Waals surface area contributed by atoms with Crippen LogP contribution in [0.5, 0.6) is 0 Å².